The molecule has 2 heteroatoms. The monoisotopic (exact) mass is 271 g/mol. The molecule has 1 aromatic heterocycles. The molecule has 1 unspecified atom stereocenters. The molecule has 1 atom stereocenters. The number of hydrogen-bond acceptors (Lipinski definition) is 1. The van der Waals surface area contributed by atoms with Crippen molar-refractivity contribution in [3.8, 4) is 0 Å². The van der Waals surface area contributed by atoms with Crippen LogP contribution in [0.5, 0.6) is 0 Å². The van der Waals surface area contributed by atoms with Gasteiger partial charge in [-0.25, -0.2) is 0 Å². The van der Waals surface area contributed by atoms with Crippen LogP contribution in [0.2, 0.25) is 0 Å². The number of aromatic nitrogens is 1. The minimum atomic E-state index is 0.220. The van der Waals surface area contributed by atoms with E-state index in [1.54, 1.807) is 0 Å². The summed E-state index contributed by atoms with van der Waals surface area (Å²) in [6.45, 7) is 9.81. The molecule has 108 valence electrons. The summed E-state index contributed by atoms with van der Waals surface area (Å²) in [5, 5.41) is 1.36. The van der Waals surface area contributed by atoms with Crippen LogP contribution in [0.4, 0.5) is 0 Å². The van der Waals surface area contributed by atoms with Gasteiger partial charge in [0.2, 0.25) is 0 Å². The molecule has 0 aliphatic carbocycles. The molecule has 1 aliphatic heterocycles. The maximum Gasteiger partial charge on any atom is 0.0495 e. The Labute approximate surface area is 121 Å². The Balaban J connectivity index is 1.79. The molecule has 0 spiro atoms. The predicted molar refractivity (Wildman–Crippen MR) is 84.2 cm³/mol. The van der Waals surface area contributed by atoms with Crippen LogP contribution >= 0.6 is 0 Å². The first kappa shape index (κ1) is 13.7. The van der Waals surface area contributed by atoms with Gasteiger partial charge in [-0.15, -0.1) is 0 Å². The quantitative estimate of drug-likeness (QED) is 0.808. The average molecular weight is 271 g/mol. The second kappa shape index (κ2) is 5.25. The highest BCUT2D eigenvalue weighted by molar-refractivity contribution is 5.81. The molecule has 0 saturated carbocycles. The van der Waals surface area contributed by atoms with Crippen LogP contribution in [0.3, 0.4) is 0 Å². The molecule has 1 aliphatic rings. The second-order valence-corrected chi connectivity index (χ2v) is 7.05. The molecule has 2 heterocycles. The Hall–Kier alpha value is -1.28. The molecule has 20 heavy (non-hydrogen) atoms. The van der Waals surface area contributed by atoms with Gasteiger partial charge in [0.15, 0.2) is 0 Å². The summed E-state index contributed by atoms with van der Waals surface area (Å²) < 4.78 is 7.85. The van der Waals surface area contributed by atoms with Crippen molar-refractivity contribution < 1.29 is 4.74 Å². The number of nitrogens with zero attached hydrogens (tertiary/aromatic N) is 1. The van der Waals surface area contributed by atoms with Crippen molar-refractivity contribution in [1.82, 2.24) is 4.57 Å². The van der Waals surface area contributed by atoms with Gasteiger partial charge in [-0.05, 0) is 53.3 Å². The van der Waals surface area contributed by atoms with E-state index in [9.17, 15) is 0 Å². The summed E-state index contributed by atoms with van der Waals surface area (Å²) in [6.07, 6.45) is 4.69. The Morgan fingerprint density at radius 3 is 2.80 bits per heavy atom. The van der Waals surface area contributed by atoms with Crippen LogP contribution in [0, 0.1) is 5.92 Å². The smallest absolute Gasteiger partial charge is 0.0495 e. The van der Waals surface area contributed by atoms with Gasteiger partial charge < -0.3 is 9.30 Å². The van der Waals surface area contributed by atoms with E-state index in [1.807, 2.05) is 0 Å². The number of hydrogen-bond donors (Lipinski definition) is 0. The zero-order chi connectivity index (χ0) is 14.2. The van der Waals surface area contributed by atoms with E-state index in [0.29, 0.717) is 0 Å². The number of rotatable bonds is 3. The lowest BCUT2D eigenvalue weighted by Crippen LogP contribution is -2.10. The van der Waals surface area contributed by atoms with Crippen molar-refractivity contribution in [3.05, 3.63) is 36.0 Å². The number of aryl methyl sites for hydroxylation is 1. The van der Waals surface area contributed by atoms with E-state index in [2.05, 4.69) is 55.8 Å². The van der Waals surface area contributed by atoms with Gasteiger partial charge in [-0.2, -0.15) is 0 Å². The highest BCUT2D eigenvalue weighted by Crippen LogP contribution is 2.27. The molecular formula is C18H25NO. The highest BCUT2D eigenvalue weighted by atomic mass is 16.5. The van der Waals surface area contributed by atoms with E-state index in [4.69, 9.17) is 4.74 Å². The highest BCUT2D eigenvalue weighted by Gasteiger charge is 2.17. The van der Waals surface area contributed by atoms with Crippen molar-refractivity contribution in [2.45, 2.75) is 45.6 Å². The Morgan fingerprint density at radius 1 is 1.25 bits per heavy atom. The molecule has 1 aromatic carbocycles. The first-order valence-electron chi connectivity index (χ1n) is 7.71. The van der Waals surface area contributed by atoms with Crippen LogP contribution in [-0.2, 0) is 16.7 Å². The lowest BCUT2D eigenvalue weighted by atomic mass is 9.86. The maximum absolute atomic E-state index is 5.46. The molecule has 2 nitrogen and oxygen atoms in total. The zero-order valence-corrected chi connectivity index (χ0v) is 12.9. The first-order valence-corrected chi connectivity index (χ1v) is 7.71. The largest absolute Gasteiger partial charge is 0.381 e. The van der Waals surface area contributed by atoms with Gasteiger partial charge in [0.1, 0.15) is 0 Å². The van der Waals surface area contributed by atoms with E-state index in [0.717, 1.165) is 25.7 Å². The van der Waals surface area contributed by atoms with Crippen LogP contribution in [0.15, 0.2) is 30.5 Å². The van der Waals surface area contributed by atoms with Crippen molar-refractivity contribution in [2.24, 2.45) is 5.92 Å². The number of benzene rings is 1. The molecule has 1 fully saturated rings. The van der Waals surface area contributed by atoms with Gasteiger partial charge in [0.25, 0.3) is 0 Å². The first-order chi connectivity index (χ1) is 9.54. The summed E-state index contributed by atoms with van der Waals surface area (Å²) in [5.41, 5.74) is 2.99. The minimum absolute atomic E-state index is 0.220. The topological polar surface area (TPSA) is 14.2 Å². The van der Waals surface area contributed by atoms with Gasteiger partial charge >= 0.3 is 0 Å². The van der Waals surface area contributed by atoms with Gasteiger partial charge in [0, 0.05) is 31.5 Å². The predicted octanol–water partition coefficient (Wildman–Crippen LogP) is 4.37. The summed E-state index contributed by atoms with van der Waals surface area (Å²) in [7, 11) is 0. The SMILES string of the molecule is CC(C)(C)c1ccc2c(ccn2CCC2CCOC2)c1. The fourth-order valence-electron chi connectivity index (χ4n) is 2.99. The molecule has 0 N–H and O–H groups in total. The summed E-state index contributed by atoms with van der Waals surface area (Å²) in [5.74, 6) is 0.751. The molecule has 1 saturated heterocycles. The van der Waals surface area contributed by atoms with E-state index in [1.165, 1.54) is 29.3 Å². The maximum atomic E-state index is 5.46. The summed E-state index contributed by atoms with van der Waals surface area (Å²) in [6, 6.07) is 9.14. The zero-order valence-electron chi connectivity index (χ0n) is 12.9. The third-order valence-electron chi connectivity index (χ3n) is 4.44. The second-order valence-electron chi connectivity index (χ2n) is 7.05. The number of ether oxygens (including phenoxy) is 1. The normalized spacial score (nSPS) is 19.9. The molecular weight excluding hydrogens is 246 g/mol. The Morgan fingerprint density at radius 2 is 2.10 bits per heavy atom. The fourth-order valence-corrected chi connectivity index (χ4v) is 2.99. The van der Waals surface area contributed by atoms with Crippen molar-refractivity contribution in [3.63, 3.8) is 0 Å². The molecule has 0 amide bonds. The lowest BCUT2D eigenvalue weighted by Gasteiger charge is -2.19. The number of fused-ring (bicyclic) bond motifs is 1. The van der Waals surface area contributed by atoms with Crippen molar-refractivity contribution >= 4 is 10.9 Å². The van der Waals surface area contributed by atoms with Gasteiger partial charge in [0.05, 0.1) is 0 Å². The molecule has 0 bridgehead atoms. The fraction of sp³-hybridized carbons (Fsp3) is 0.556. The van der Waals surface area contributed by atoms with Crippen molar-refractivity contribution in [1.29, 1.82) is 0 Å². The lowest BCUT2D eigenvalue weighted by molar-refractivity contribution is 0.183. The van der Waals surface area contributed by atoms with Crippen LogP contribution in [0.25, 0.3) is 10.9 Å². The standard InChI is InChI=1S/C18H25NO/c1-18(2,3)16-4-5-17-15(12-16)7-10-19(17)9-6-14-8-11-20-13-14/h4-5,7,10,12,14H,6,8-9,11,13H2,1-3H3. The third-order valence-corrected chi connectivity index (χ3v) is 4.44. The summed E-state index contributed by atoms with van der Waals surface area (Å²) in [4.78, 5) is 0. The summed E-state index contributed by atoms with van der Waals surface area (Å²) >= 11 is 0. The minimum Gasteiger partial charge on any atom is -0.381 e. The van der Waals surface area contributed by atoms with Crippen LogP contribution < -0.4 is 0 Å². The van der Waals surface area contributed by atoms with Crippen molar-refractivity contribution in [2.75, 3.05) is 13.2 Å². The molecule has 0 radical (unpaired) electrons. The third kappa shape index (κ3) is 2.76. The Bertz CT molecular complexity index is 585. The van der Waals surface area contributed by atoms with E-state index >= 15 is 0 Å². The van der Waals surface area contributed by atoms with Gasteiger partial charge in [-0.1, -0.05) is 26.8 Å². The molecule has 2 aromatic rings. The Kier molecular flexibility index (Phi) is 3.59. The van der Waals surface area contributed by atoms with E-state index < -0.39 is 0 Å². The van der Waals surface area contributed by atoms with E-state index in [-0.39, 0.29) is 5.41 Å². The average Bonchev–Trinajstić information content (AvgIpc) is 3.04. The van der Waals surface area contributed by atoms with Crippen LogP contribution in [-0.4, -0.2) is 17.8 Å². The van der Waals surface area contributed by atoms with Gasteiger partial charge in [-0.3, -0.25) is 0 Å². The molecule has 3 rings (SSSR count). The van der Waals surface area contributed by atoms with Crippen LogP contribution in [0.1, 0.15) is 39.2 Å².